The second-order valence-electron chi connectivity index (χ2n) is 9.37. The van der Waals surface area contributed by atoms with Crippen molar-refractivity contribution in [2.75, 3.05) is 30.1 Å². The van der Waals surface area contributed by atoms with Crippen LogP contribution in [0.25, 0.3) is 6.08 Å². The Balaban J connectivity index is 1.49. The van der Waals surface area contributed by atoms with Crippen molar-refractivity contribution in [3.05, 3.63) is 136 Å². The van der Waals surface area contributed by atoms with Crippen LogP contribution >= 0.6 is 11.8 Å². The molecule has 0 radical (unpaired) electrons. The molecule has 0 aliphatic heterocycles. The van der Waals surface area contributed by atoms with Gasteiger partial charge in [0.25, 0.3) is 17.5 Å². The van der Waals surface area contributed by atoms with E-state index in [9.17, 15) is 24.5 Å². The second-order valence-corrected chi connectivity index (χ2v) is 10.4. The molecule has 0 spiro atoms. The number of nitrogens with zero attached hydrogens (tertiary/aromatic N) is 2. The molecule has 0 aliphatic rings. The largest absolute Gasteiger partial charge is 0.378 e. The molecule has 0 heterocycles. The van der Waals surface area contributed by atoms with E-state index in [1.165, 1.54) is 36.0 Å². The molecule has 4 aromatic rings. The van der Waals surface area contributed by atoms with Gasteiger partial charge in [-0.1, -0.05) is 48.5 Å². The first kappa shape index (κ1) is 29.8. The summed E-state index contributed by atoms with van der Waals surface area (Å²) < 4.78 is 0. The summed E-state index contributed by atoms with van der Waals surface area (Å²) >= 11 is 1.24. The lowest BCUT2D eigenvalue weighted by molar-refractivity contribution is -0.384. The van der Waals surface area contributed by atoms with E-state index in [0.717, 1.165) is 11.3 Å². The highest BCUT2D eigenvalue weighted by atomic mass is 32.2. The number of carbonyl (C=O) groups excluding carboxylic acids is 3. The summed E-state index contributed by atoms with van der Waals surface area (Å²) in [5.41, 5.74) is 2.76. The number of Topliss-reactive ketones (excluding diaryl/α,β-unsaturated/α-hetero) is 1. The zero-order chi connectivity index (χ0) is 30.1. The number of thioether (sulfide) groups is 1. The number of anilines is 2. The number of nitro groups is 1. The number of hydrogen-bond acceptors (Lipinski definition) is 7. The Morgan fingerprint density at radius 3 is 2.24 bits per heavy atom. The molecule has 0 saturated heterocycles. The van der Waals surface area contributed by atoms with Crippen molar-refractivity contribution in [3.8, 4) is 0 Å². The molecule has 0 unspecified atom stereocenters. The van der Waals surface area contributed by atoms with Gasteiger partial charge in [0.05, 0.1) is 10.7 Å². The molecule has 4 aromatic carbocycles. The maximum Gasteiger partial charge on any atom is 0.272 e. The van der Waals surface area contributed by atoms with Crippen LogP contribution in [0.15, 0.2) is 114 Å². The van der Waals surface area contributed by atoms with E-state index in [4.69, 9.17) is 0 Å². The molecule has 0 aromatic heterocycles. The molecule has 10 heteroatoms. The molecule has 0 atom stereocenters. The van der Waals surface area contributed by atoms with Crippen molar-refractivity contribution in [3.63, 3.8) is 0 Å². The van der Waals surface area contributed by atoms with Crippen molar-refractivity contribution in [2.24, 2.45) is 0 Å². The van der Waals surface area contributed by atoms with Crippen LogP contribution in [0.2, 0.25) is 0 Å². The van der Waals surface area contributed by atoms with Crippen LogP contribution in [0.4, 0.5) is 17.1 Å². The number of non-ortho nitro benzene ring substituents is 1. The van der Waals surface area contributed by atoms with Crippen LogP contribution < -0.4 is 15.5 Å². The summed E-state index contributed by atoms with van der Waals surface area (Å²) in [6.45, 7) is 0. The van der Waals surface area contributed by atoms with E-state index in [-0.39, 0.29) is 28.5 Å². The Morgan fingerprint density at radius 1 is 0.857 bits per heavy atom. The summed E-state index contributed by atoms with van der Waals surface area (Å²) in [5, 5.41) is 16.6. The maximum absolute atomic E-state index is 13.4. The van der Waals surface area contributed by atoms with Crippen LogP contribution in [0.1, 0.15) is 26.3 Å². The van der Waals surface area contributed by atoms with Crippen molar-refractivity contribution in [1.82, 2.24) is 5.32 Å². The fourth-order valence-electron chi connectivity index (χ4n) is 3.86. The number of ketones is 1. The van der Waals surface area contributed by atoms with Gasteiger partial charge in [0.15, 0.2) is 5.78 Å². The van der Waals surface area contributed by atoms with Gasteiger partial charge in [-0.15, -0.1) is 11.8 Å². The Kier molecular flexibility index (Phi) is 9.85. The van der Waals surface area contributed by atoms with Crippen molar-refractivity contribution >= 4 is 52.5 Å². The van der Waals surface area contributed by atoms with E-state index >= 15 is 0 Å². The minimum absolute atomic E-state index is 0.0554. The average molecular weight is 581 g/mol. The molecule has 9 nitrogen and oxygen atoms in total. The molecule has 0 aliphatic carbocycles. The minimum Gasteiger partial charge on any atom is -0.378 e. The van der Waals surface area contributed by atoms with Gasteiger partial charge in [-0.2, -0.15) is 0 Å². The monoisotopic (exact) mass is 580 g/mol. The average Bonchev–Trinajstić information content (AvgIpc) is 3.00. The summed E-state index contributed by atoms with van der Waals surface area (Å²) in [6.07, 6.45) is 1.60. The SMILES string of the molecule is CN(C)c1ccc(/C=C(\NC(=O)c2ccccc2)C(=O)Nc2cccc(SCC(=O)c3cccc([N+](=O)[O-])c3)c2)cc1. The van der Waals surface area contributed by atoms with E-state index in [1.54, 1.807) is 60.7 Å². The second kappa shape index (κ2) is 13.9. The third-order valence-corrected chi connectivity index (χ3v) is 7.08. The predicted molar refractivity (Wildman–Crippen MR) is 166 cm³/mol. The fourth-order valence-corrected chi connectivity index (χ4v) is 4.71. The highest BCUT2D eigenvalue weighted by Gasteiger charge is 2.16. The number of benzene rings is 4. The van der Waals surface area contributed by atoms with Gasteiger partial charge >= 0.3 is 0 Å². The van der Waals surface area contributed by atoms with Crippen LogP contribution in [0.5, 0.6) is 0 Å². The van der Waals surface area contributed by atoms with E-state index < -0.39 is 16.7 Å². The first-order valence-electron chi connectivity index (χ1n) is 12.9. The number of nitrogens with one attached hydrogen (secondary N) is 2. The molecule has 0 saturated carbocycles. The van der Waals surface area contributed by atoms with Gasteiger partial charge in [0.1, 0.15) is 5.70 Å². The third-order valence-electron chi connectivity index (χ3n) is 6.09. The topological polar surface area (TPSA) is 122 Å². The molecule has 0 fully saturated rings. The van der Waals surface area contributed by atoms with Gasteiger partial charge in [0, 0.05) is 53.6 Å². The fraction of sp³-hybridized carbons (Fsp3) is 0.0938. The normalized spacial score (nSPS) is 11.0. The number of carbonyl (C=O) groups is 3. The Labute approximate surface area is 247 Å². The van der Waals surface area contributed by atoms with Crippen LogP contribution in [0, 0.1) is 10.1 Å². The quantitative estimate of drug-likeness (QED) is 0.0729. The molecular formula is C32H28N4O5S. The first-order valence-corrected chi connectivity index (χ1v) is 13.9. The number of nitro benzene ring substituents is 1. The smallest absolute Gasteiger partial charge is 0.272 e. The van der Waals surface area contributed by atoms with E-state index in [0.29, 0.717) is 16.1 Å². The molecule has 4 rings (SSSR count). The molecule has 2 N–H and O–H groups in total. The summed E-state index contributed by atoms with van der Waals surface area (Å²) in [4.78, 5) is 52.1. The van der Waals surface area contributed by atoms with Gasteiger partial charge in [0.2, 0.25) is 0 Å². The number of amides is 2. The Bertz CT molecular complexity index is 1640. The molecule has 0 bridgehead atoms. The molecular weight excluding hydrogens is 552 g/mol. The van der Waals surface area contributed by atoms with Gasteiger partial charge < -0.3 is 15.5 Å². The standard InChI is InChI=1S/C32H28N4O5S/c1-35(2)26-16-14-22(15-17-26)18-29(34-31(38)23-8-4-3-5-9-23)32(39)33-25-11-7-13-28(20-25)42-21-30(37)24-10-6-12-27(19-24)36(40)41/h3-20H,21H2,1-2H3,(H,33,39)(H,34,38)/b29-18-. The lowest BCUT2D eigenvalue weighted by Gasteiger charge is -2.14. The third kappa shape index (κ3) is 8.15. The first-order chi connectivity index (χ1) is 20.2. The zero-order valence-electron chi connectivity index (χ0n) is 22.9. The number of hydrogen-bond donors (Lipinski definition) is 2. The minimum atomic E-state index is -0.542. The van der Waals surface area contributed by atoms with Crippen LogP contribution in [0.3, 0.4) is 0 Å². The molecule has 212 valence electrons. The lowest BCUT2D eigenvalue weighted by Crippen LogP contribution is -2.30. The summed E-state index contributed by atoms with van der Waals surface area (Å²) in [7, 11) is 3.86. The van der Waals surface area contributed by atoms with Crippen LogP contribution in [-0.2, 0) is 4.79 Å². The van der Waals surface area contributed by atoms with Crippen molar-refractivity contribution in [1.29, 1.82) is 0 Å². The van der Waals surface area contributed by atoms with E-state index in [1.807, 2.05) is 43.3 Å². The highest BCUT2D eigenvalue weighted by molar-refractivity contribution is 8.00. The summed E-state index contributed by atoms with van der Waals surface area (Å²) in [5.74, 6) is -1.15. The van der Waals surface area contributed by atoms with Crippen molar-refractivity contribution < 1.29 is 19.3 Å². The summed E-state index contributed by atoms with van der Waals surface area (Å²) in [6, 6.07) is 28.7. The maximum atomic E-state index is 13.4. The van der Waals surface area contributed by atoms with Gasteiger partial charge in [-0.05, 0) is 54.1 Å². The Hall–Kier alpha value is -5.22. The predicted octanol–water partition coefficient (Wildman–Crippen LogP) is 6.05. The Morgan fingerprint density at radius 2 is 1.55 bits per heavy atom. The van der Waals surface area contributed by atoms with Crippen LogP contribution in [-0.4, -0.2) is 42.4 Å². The molecule has 42 heavy (non-hydrogen) atoms. The highest BCUT2D eigenvalue weighted by Crippen LogP contribution is 2.24. The van der Waals surface area contributed by atoms with Gasteiger partial charge in [-0.25, -0.2) is 0 Å². The van der Waals surface area contributed by atoms with E-state index in [2.05, 4.69) is 10.6 Å². The van der Waals surface area contributed by atoms with Gasteiger partial charge in [-0.3, -0.25) is 24.5 Å². The van der Waals surface area contributed by atoms with Crippen molar-refractivity contribution in [2.45, 2.75) is 4.90 Å². The molecule has 2 amide bonds. The lowest BCUT2D eigenvalue weighted by atomic mass is 10.1. The number of rotatable bonds is 11. The zero-order valence-corrected chi connectivity index (χ0v) is 23.8.